The van der Waals surface area contributed by atoms with Gasteiger partial charge in [-0.25, -0.2) is 0 Å². The quantitative estimate of drug-likeness (QED) is 0.382. The lowest BCUT2D eigenvalue weighted by atomic mass is 9.84. The highest BCUT2D eigenvalue weighted by atomic mass is 16.3. The van der Waals surface area contributed by atoms with Crippen molar-refractivity contribution in [2.24, 2.45) is 0 Å². The fourth-order valence-corrected chi connectivity index (χ4v) is 3.38. The molecule has 1 N–H and O–H groups in total. The van der Waals surface area contributed by atoms with E-state index in [1.54, 1.807) is 0 Å². The first-order valence-electron chi connectivity index (χ1n) is 5.79. The summed E-state index contributed by atoms with van der Waals surface area (Å²) in [5.74, 6) is 0.459. The molecule has 0 atom stereocenters. The molecule has 7 rings (SSSR count). The third kappa shape index (κ3) is 0.653. The molecule has 0 fully saturated rings. The molecule has 0 unspecified atom stereocenters. The number of hydrogen-bond acceptors (Lipinski definition) is 1. The molecule has 0 heterocycles. The average molecular weight is 216 g/mol. The van der Waals surface area contributed by atoms with Gasteiger partial charge in [0, 0.05) is 16.2 Å². The molecule has 0 spiro atoms. The predicted molar refractivity (Wildman–Crippen MR) is 71.7 cm³/mol. The maximum absolute atomic E-state index is 10.3. The molecule has 7 aromatic rings. The van der Waals surface area contributed by atoms with Crippen molar-refractivity contribution in [1.82, 2.24) is 0 Å². The Labute approximate surface area is 96.9 Å². The average Bonchev–Trinajstić information content (AvgIpc) is 2.37. The second-order valence-electron chi connectivity index (χ2n) is 4.78. The normalized spacial score (nSPS) is 12.9. The van der Waals surface area contributed by atoms with Crippen LogP contribution in [0.15, 0.2) is 42.5 Å². The van der Waals surface area contributed by atoms with Crippen LogP contribution in [0.4, 0.5) is 0 Å². The van der Waals surface area contributed by atoms with Crippen molar-refractivity contribution in [1.29, 1.82) is 0 Å². The Bertz CT molecular complexity index is 981. The third-order valence-corrected chi connectivity index (χ3v) is 4.05. The van der Waals surface area contributed by atoms with Gasteiger partial charge in [0.1, 0.15) is 5.75 Å². The molecule has 0 aliphatic rings. The fourth-order valence-electron chi connectivity index (χ4n) is 3.38. The monoisotopic (exact) mass is 216 g/mol. The summed E-state index contributed by atoms with van der Waals surface area (Å²) in [5.41, 5.74) is 0. The van der Waals surface area contributed by atoms with Gasteiger partial charge in [-0.15, -0.1) is 0 Å². The first kappa shape index (κ1) is 7.91. The van der Waals surface area contributed by atoms with E-state index in [2.05, 4.69) is 36.4 Å². The Morgan fingerprint density at radius 1 is 0.588 bits per heavy atom. The fraction of sp³-hybridized carbons (Fsp3) is 0. The highest BCUT2D eigenvalue weighted by molar-refractivity contribution is 6.40. The van der Waals surface area contributed by atoms with E-state index in [9.17, 15) is 5.11 Å². The summed E-state index contributed by atoms with van der Waals surface area (Å²) in [6.07, 6.45) is 0. The van der Waals surface area contributed by atoms with E-state index in [-0.39, 0.29) is 0 Å². The molecule has 0 amide bonds. The van der Waals surface area contributed by atoms with Crippen LogP contribution in [0.3, 0.4) is 0 Å². The minimum absolute atomic E-state index is 0.459. The SMILES string of the molecule is Oc1c2ccc3c4ccc5cccc(c13)c5c24. The van der Waals surface area contributed by atoms with Gasteiger partial charge >= 0.3 is 0 Å². The van der Waals surface area contributed by atoms with Gasteiger partial charge in [-0.2, -0.15) is 0 Å². The molecule has 0 radical (unpaired) electrons. The molecule has 0 saturated carbocycles. The van der Waals surface area contributed by atoms with Gasteiger partial charge in [0.05, 0.1) is 0 Å². The Kier molecular flexibility index (Phi) is 1.03. The Morgan fingerprint density at radius 2 is 1.35 bits per heavy atom. The van der Waals surface area contributed by atoms with Crippen LogP contribution in [-0.4, -0.2) is 5.11 Å². The number of phenols is 3. The number of rotatable bonds is 0. The molecule has 0 saturated heterocycles. The summed E-state index contributed by atoms with van der Waals surface area (Å²) < 4.78 is 0. The van der Waals surface area contributed by atoms with Crippen molar-refractivity contribution in [2.75, 3.05) is 0 Å². The second-order valence-corrected chi connectivity index (χ2v) is 4.78. The van der Waals surface area contributed by atoms with Gasteiger partial charge in [0.15, 0.2) is 0 Å². The lowest BCUT2D eigenvalue weighted by molar-refractivity contribution is 0.488. The maximum Gasteiger partial charge on any atom is 0.131 e. The predicted octanol–water partition coefficient (Wildman–Crippen LogP) is 4.32. The van der Waals surface area contributed by atoms with E-state index >= 15 is 0 Å². The molecule has 0 aliphatic carbocycles. The Morgan fingerprint density at radius 3 is 2.29 bits per heavy atom. The minimum atomic E-state index is 0.459. The molecular weight excluding hydrogens is 208 g/mol. The van der Waals surface area contributed by atoms with Crippen molar-refractivity contribution < 1.29 is 5.11 Å². The van der Waals surface area contributed by atoms with Crippen molar-refractivity contribution >= 4 is 43.1 Å². The first-order valence-corrected chi connectivity index (χ1v) is 5.79. The van der Waals surface area contributed by atoms with Crippen molar-refractivity contribution in [2.45, 2.75) is 0 Å². The summed E-state index contributed by atoms with van der Waals surface area (Å²) in [7, 11) is 0. The lowest BCUT2D eigenvalue weighted by Gasteiger charge is -2.20. The zero-order valence-corrected chi connectivity index (χ0v) is 8.99. The summed E-state index contributed by atoms with van der Waals surface area (Å²) in [4.78, 5) is 0. The van der Waals surface area contributed by atoms with Crippen LogP contribution >= 0.6 is 0 Å². The number of hydrogen-bond donors (Lipinski definition) is 1. The summed E-state index contributed by atoms with van der Waals surface area (Å²) >= 11 is 0. The molecule has 78 valence electrons. The van der Waals surface area contributed by atoms with Crippen LogP contribution in [0.25, 0.3) is 43.1 Å². The molecule has 1 heteroatoms. The standard InChI is InChI=1S/C16H8O/c17-16-12-7-6-10-9-5-4-8-2-1-3-11(15(10)16)13(8)14(9)12/h1-7,17H. The van der Waals surface area contributed by atoms with Gasteiger partial charge in [0.25, 0.3) is 0 Å². The highest BCUT2D eigenvalue weighted by Gasteiger charge is 2.21. The molecular formula is C16H8O. The van der Waals surface area contributed by atoms with E-state index < -0.39 is 0 Å². The van der Waals surface area contributed by atoms with Crippen LogP contribution in [0.2, 0.25) is 0 Å². The number of aromatic hydroxyl groups is 1. The maximum atomic E-state index is 10.3. The van der Waals surface area contributed by atoms with E-state index in [1.807, 2.05) is 6.07 Å². The first-order chi connectivity index (χ1) is 8.36. The Balaban J connectivity index is 2.45. The minimum Gasteiger partial charge on any atom is -0.507 e. The van der Waals surface area contributed by atoms with Gasteiger partial charge in [-0.05, 0) is 33.0 Å². The van der Waals surface area contributed by atoms with Crippen molar-refractivity contribution in [3.05, 3.63) is 42.5 Å². The number of fused-ring (bicyclic) bond motifs is 1. The molecule has 6 bridgehead atoms. The van der Waals surface area contributed by atoms with Crippen molar-refractivity contribution in [3.8, 4) is 5.75 Å². The van der Waals surface area contributed by atoms with Crippen molar-refractivity contribution in [3.63, 3.8) is 0 Å². The largest absolute Gasteiger partial charge is 0.507 e. The van der Waals surface area contributed by atoms with Crippen LogP contribution < -0.4 is 0 Å². The number of benzene rings is 7. The van der Waals surface area contributed by atoms with E-state index in [0.29, 0.717) is 5.75 Å². The smallest absolute Gasteiger partial charge is 0.131 e. The van der Waals surface area contributed by atoms with Crippen LogP contribution in [0.5, 0.6) is 5.75 Å². The van der Waals surface area contributed by atoms with E-state index in [1.165, 1.54) is 32.3 Å². The van der Waals surface area contributed by atoms with Gasteiger partial charge in [-0.3, -0.25) is 0 Å². The molecule has 17 heavy (non-hydrogen) atoms. The lowest BCUT2D eigenvalue weighted by Crippen LogP contribution is -1.92. The molecule has 0 aromatic heterocycles. The second kappa shape index (κ2) is 2.21. The molecule has 0 aliphatic heterocycles. The van der Waals surface area contributed by atoms with E-state index in [4.69, 9.17) is 0 Å². The van der Waals surface area contributed by atoms with E-state index in [0.717, 1.165) is 10.8 Å². The molecule has 7 aromatic carbocycles. The van der Waals surface area contributed by atoms with Crippen LogP contribution in [-0.2, 0) is 0 Å². The summed E-state index contributed by atoms with van der Waals surface area (Å²) in [6, 6.07) is 14.8. The summed E-state index contributed by atoms with van der Waals surface area (Å²) in [5, 5.41) is 19.7. The number of phenolic OH excluding ortho intramolecular Hbond substituents is 1. The topological polar surface area (TPSA) is 20.2 Å². The van der Waals surface area contributed by atoms with Gasteiger partial charge in [0.2, 0.25) is 0 Å². The van der Waals surface area contributed by atoms with Crippen LogP contribution in [0.1, 0.15) is 0 Å². The molecule has 1 nitrogen and oxygen atoms in total. The zero-order valence-electron chi connectivity index (χ0n) is 8.99. The summed E-state index contributed by atoms with van der Waals surface area (Å²) in [6.45, 7) is 0. The van der Waals surface area contributed by atoms with Crippen LogP contribution in [0, 0.1) is 0 Å². The highest BCUT2D eigenvalue weighted by Crippen LogP contribution is 2.50. The van der Waals surface area contributed by atoms with Gasteiger partial charge < -0.3 is 5.11 Å². The van der Waals surface area contributed by atoms with Gasteiger partial charge in [-0.1, -0.05) is 36.4 Å². The third-order valence-electron chi connectivity index (χ3n) is 4.05. The Hall–Kier alpha value is -2.28. The zero-order chi connectivity index (χ0) is 11.1.